The summed E-state index contributed by atoms with van der Waals surface area (Å²) in [6.07, 6.45) is 48.3. The van der Waals surface area contributed by atoms with E-state index in [0.29, 0.717) is 25.7 Å². The van der Waals surface area contributed by atoms with E-state index in [1.165, 1.54) is 173 Å². The molecule has 0 bridgehead atoms. The highest BCUT2D eigenvalue weighted by Gasteiger charge is 2.30. The van der Waals surface area contributed by atoms with Crippen LogP contribution in [0.2, 0.25) is 0 Å². The predicted molar refractivity (Wildman–Crippen MR) is 372 cm³/mol. The van der Waals surface area contributed by atoms with Crippen molar-refractivity contribution in [1.82, 2.24) is 0 Å². The summed E-state index contributed by atoms with van der Waals surface area (Å²) in [5.41, 5.74) is 0. The summed E-state index contributed by atoms with van der Waals surface area (Å²) in [6, 6.07) is 0. The monoisotopic (exact) mass is 1350 g/mol. The minimum absolute atomic E-state index is 0.106. The van der Waals surface area contributed by atoms with Crippen LogP contribution in [0.15, 0.2) is 0 Å². The Hall–Kier alpha value is -1.94. The third-order valence-corrected chi connectivity index (χ3v) is 19.9. The van der Waals surface area contributed by atoms with Gasteiger partial charge in [0.1, 0.15) is 19.3 Å². The van der Waals surface area contributed by atoms with Gasteiger partial charge >= 0.3 is 39.5 Å². The third kappa shape index (κ3) is 62.8. The van der Waals surface area contributed by atoms with Crippen LogP contribution in [0.1, 0.15) is 370 Å². The Morgan fingerprint density at radius 3 is 0.772 bits per heavy atom. The molecular formula is C73H142O17P2. The first kappa shape index (κ1) is 90.1. The van der Waals surface area contributed by atoms with Gasteiger partial charge in [0.05, 0.1) is 26.4 Å². The van der Waals surface area contributed by atoms with Crippen molar-refractivity contribution < 1.29 is 80.2 Å². The Bertz CT molecular complexity index is 1810. The molecule has 0 aliphatic heterocycles. The van der Waals surface area contributed by atoms with E-state index in [9.17, 15) is 43.2 Å². The largest absolute Gasteiger partial charge is 0.472 e. The number of aliphatic hydroxyl groups is 1. The van der Waals surface area contributed by atoms with Gasteiger partial charge in [-0.05, 0) is 43.4 Å². The molecule has 0 aromatic carbocycles. The van der Waals surface area contributed by atoms with Crippen molar-refractivity contribution in [3.8, 4) is 0 Å². The van der Waals surface area contributed by atoms with E-state index in [1.807, 2.05) is 0 Å². The van der Waals surface area contributed by atoms with Crippen molar-refractivity contribution in [2.75, 3.05) is 39.6 Å². The molecule has 0 fully saturated rings. The number of hydrogen-bond donors (Lipinski definition) is 3. The SMILES string of the molecule is CCCCCCCCCCCCCCCCC(=O)O[C@H](COC(=O)CCCCCCCCC(C)CC)COP(=O)(O)OC[C@H](O)COP(=O)(O)OC[C@@H](COC(=O)CCCCCCCCCCCCC(C)CC)OC(=O)CCCCCCCCCCCCC(C)CC. The number of phosphoric ester groups is 2. The lowest BCUT2D eigenvalue weighted by Crippen LogP contribution is -2.30. The summed E-state index contributed by atoms with van der Waals surface area (Å²) >= 11 is 0. The van der Waals surface area contributed by atoms with Crippen molar-refractivity contribution in [3.63, 3.8) is 0 Å². The molecule has 0 radical (unpaired) electrons. The van der Waals surface area contributed by atoms with Crippen molar-refractivity contribution in [2.24, 2.45) is 17.8 Å². The lowest BCUT2D eigenvalue weighted by atomic mass is 9.99. The second-order valence-electron chi connectivity index (χ2n) is 27.1. The van der Waals surface area contributed by atoms with Gasteiger partial charge in [0.15, 0.2) is 12.2 Å². The van der Waals surface area contributed by atoms with Gasteiger partial charge in [0, 0.05) is 25.7 Å². The number of phosphoric acid groups is 2. The Labute approximate surface area is 562 Å². The Morgan fingerprint density at radius 2 is 0.522 bits per heavy atom. The fraction of sp³-hybridized carbons (Fsp3) is 0.945. The van der Waals surface area contributed by atoms with Crippen LogP contribution < -0.4 is 0 Å². The van der Waals surface area contributed by atoms with Crippen molar-refractivity contribution >= 4 is 39.5 Å². The zero-order chi connectivity index (χ0) is 68.0. The van der Waals surface area contributed by atoms with Crippen LogP contribution in [-0.4, -0.2) is 96.7 Å². The van der Waals surface area contributed by atoms with Gasteiger partial charge in [-0.25, -0.2) is 9.13 Å². The van der Waals surface area contributed by atoms with Crippen LogP contribution in [0, 0.1) is 17.8 Å². The van der Waals surface area contributed by atoms with E-state index in [2.05, 4.69) is 48.5 Å². The molecule has 5 unspecified atom stereocenters. The summed E-state index contributed by atoms with van der Waals surface area (Å²) in [6.45, 7) is 11.9. The van der Waals surface area contributed by atoms with Crippen LogP contribution in [0.4, 0.5) is 0 Å². The fourth-order valence-corrected chi connectivity index (χ4v) is 12.6. The van der Waals surface area contributed by atoms with Crippen LogP contribution in [0.25, 0.3) is 0 Å². The molecule has 0 saturated heterocycles. The number of carbonyl (C=O) groups excluding carboxylic acids is 4. The lowest BCUT2D eigenvalue weighted by molar-refractivity contribution is -0.161. The highest BCUT2D eigenvalue weighted by molar-refractivity contribution is 7.47. The van der Waals surface area contributed by atoms with Crippen LogP contribution in [-0.2, 0) is 65.4 Å². The van der Waals surface area contributed by atoms with Crippen LogP contribution >= 0.6 is 15.6 Å². The highest BCUT2D eigenvalue weighted by atomic mass is 31.2. The average Bonchev–Trinajstić information content (AvgIpc) is 2.53. The molecule has 0 aliphatic carbocycles. The molecule has 92 heavy (non-hydrogen) atoms. The summed E-state index contributed by atoms with van der Waals surface area (Å²) < 4.78 is 68.4. The minimum atomic E-state index is -4.96. The Morgan fingerprint density at radius 1 is 0.304 bits per heavy atom. The number of ether oxygens (including phenoxy) is 4. The van der Waals surface area contributed by atoms with Gasteiger partial charge < -0.3 is 33.8 Å². The molecule has 0 aliphatic rings. The summed E-state index contributed by atoms with van der Waals surface area (Å²) in [5, 5.41) is 10.6. The minimum Gasteiger partial charge on any atom is -0.462 e. The first-order chi connectivity index (χ1) is 44.3. The third-order valence-electron chi connectivity index (χ3n) is 18.0. The van der Waals surface area contributed by atoms with Gasteiger partial charge in [-0.15, -0.1) is 0 Å². The molecule has 17 nitrogen and oxygen atoms in total. The molecule has 8 atom stereocenters. The average molecular weight is 1350 g/mol. The van der Waals surface area contributed by atoms with Gasteiger partial charge in [0.2, 0.25) is 0 Å². The zero-order valence-corrected chi connectivity index (χ0v) is 61.8. The molecule has 0 saturated carbocycles. The molecule has 0 spiro atoms. The first-order valence-electron chi connectivity index (χ1n) is 38.0. The highest BCUT2D eigenvalue weighted by Crippen LogP contribution is 2.45. The Kier molecular flexibility index (Phi) is 62.4. The second kappa shape index (κ2) is 63.8. The smallest absolute Gasteiger partial charge is 0.462 e. The molecule has 0 amide bonds. The number of hydrogen-bond acceptors (Lipinski definition) is 15. The predicted octanol–water partition coefficient (Wildman–Crippen LogP) is 21.0. The molecule has 0 heterocycles. The first-order valence-corrected chi connectivity index (χ1v) is 41.0. The maximum Gasteiger partial charge on any atom is 0.472 e. The molecule has 546 valence electrons. The molecule has 3 N–H and O–H groups in total. The van der Waals surface area contributed by atoms with E-state index in [0.717, 1.165) is 114 Å². The van der Waals surface area contributed by atoms with Gasteiger partial charge in [-0.1, -0.05) is 318 Å². The van der Waals surface area contributed by atoms with Gasteiger partial charge in [-0.3, -0.25) is 37.3 Å². The topological polar surface area (TPSA) is 237 Å². The standard InChI is InChI=1S/C73H142O17P2/c1-8-12-13-14-15-16-17-18-19-20-28-33-42-49-56-72(77)90-69(61-84-71(76)55-48-41-36-35-39-46-53-66(7)11-4)63-88-92(81,82)86-59-67(74)58-85-91(79,80)87-62-68(89-73(78)57-50-43-34-29-24-22-26-31-38-45-52-65(6)10-3)60-83-70(75)54-47-40-32-27-23-21-25-30-37-44-51-64(5)9-2/h64-69,74H,8-63H2,1-7H3,(H,79,80)(H,81,82)/t64?,65?,66?,67-,68-,69-/m1/s1. The maximum absolute atomic E-state index is 13.1. The molecule has 19 heteroatoms. The fourth-order valence-electron chi connectivity index (χ4n) is 11.0. The number of unbranched alkanes of at least 4 members (excludes halogenated alkanes) is 36. The Balaban J connectivity index is 5.27. The summed E-state index contributed by atoms with van der Waals surface area (Å²) in [7, 11) is -9.91. The normalized spacial score (nSPS) is 15.0. The van der Waals surface area contributed by atoms with E-state index >= 15 is 0 Å². The second-order valence-corrected chi connectivity index (χ2v) is 30.0. The van der Waals surface area contributed by atoms with E-state index in [-0.39, 0.29) is 25.7 Å². The number of aliphatic hydroxyl groups excluding tert-OH is 1. The van der Waals surface area contributed by atoms with Crippen LogP contribution in [0.5, 0.6) is 0 Å². The van der Waals surface area contributed by atoms with Gasteiger partial charge in [-0.2, -0.15) is 0 Å². The number of carbonyl (C=O) groups is 4. The number of rotatable bonds is 71. The summed E-state index contributed by atoms with van der Waals surface area (Å²) in [4.78, 5) is 72.7. The molecule has 0 aromatic rings. The number of esters is 4. The van der Waals surface area contributed by atoms with Crippen molar-refractivity contribution in [3.05, 3.63) is 0 Å². The van der Waals surface area contributed by atoms with Crippen molar-refractivity contribution in [1.29, 1.82) is 0 Å². The van der Waals surface area contributed by atoms with E-state index in [4.69, 9.17) is 37.0 Å². The van der Waals surface area contributed by atoms with E-state index < -0.39 is 97.5 Å². The molecule has 0 rings (SSSR count). The van der Waals surface area contributed by atoms with Crippen molar-refractivity contribution in [2.45, 2.75) is 388 Å². The summed E-state index contributed by atoms with van der Waals surface area (Å²) in [5.74, 6) is 0.222. The van der Waals surface area contributed by atoms with E-state index in [1.54, 1.807) is 0 Å². The van der Waals surface area contributed by atoms with Gasteiger partial charge in [0.25, 0.3) is 0 Å². The zero-order valence-electron chi connectivity index (χ0n) is 60.0. The molecular weight excluding hydrogens is 1210 g/mol. The lowest BCUT2D eigenvalue weighted by Gasteiger charge is -2.21. The quantitative estimate of drug-likeness (QED) is 0.0222. The van der Waals surface area contributed by atoms with Crippen LogP contribution in [0.3, 0.4) is 0 Å². The molecule has 0 aromatic heterocycles. The maximum atomic E-state index is 13.1.